The molecule has 3 rings (SSSR count). The molecule has 7 heteroatoms. The summed E-state index contributed by atoms with van der Waals surface area (Å²) in [7, 11) is 0. The molecule has 1 aromatic carbocycles. The van der Waals surface area contributed by atoms with Gasteiger partial charge in [0.25, 0.3) is 0 Å². The van der Waals surface area contributed by atoms with Gasteiger partial charge in [0.15, 0.2) is 0 Å². The highest BCUT2D eigenvalue weighted by Crippen LogP contribution is 2.51. The minimum atomic E-state index is -1.05. The van der Waals surface area contributed by atoms with Gasteiger partial charge >= 0.3 is 5.97 Å². The van der Waals surface area contributed by atoms with Crippen molar-refractivity contribution in [1.82, 2.24) is 4.90 Å². The van der Waals surface area contributed by atoms with Crippen LogP contribution in [0.25, 0.3) is 0 Å². The Kier molecular flexibility index (Phi) is 5.06. The van der Waals surface area contributed by atoms with Crippen LogP contribution in [0.15, 0.2) is 18.2 Å². The van der Waals surface area contributed by atoms with Gasteiger partial charge in [-0.1, -0.05) is 17.7 Å². The molecule has 2 aliphatic rings. The van der Waals surface area contributed by atoms with Crippen molar-refractivity contribution < 1.29 is 23.8 Å². The summed E-state index contributed by atoms with van der Waals surface area (Å²) in [6, 6.07) is 4.32. The first-order chi connectivity index (χ1) is 11.5. The molecule has 1 aliphatic carbocycles. The van der Waals surface area contributed by atoms with E-state index in [1.54, 1.807) is 6.07 Å². The number of benzene rings is 1. The zero-order chi connectivity index (χ0) is 17.3. The Morgan fingerprint density at radius 3 is 2.67 bits per heavy atom. The molecule has 0 radical (unpaired) electrons. The van der Waals surface area contributed by atoms with Gasteiger partial charge in [0.05, 0.1) is 0 Å². The van der Waals surface area contributed by atoms with Crippen LogP contribution < -0.4 is 0 Å². The largest absolute Gasteiger partial charge is 0.480 e. The number of hydrogen-bond acceptors (Lipinski definition) is 3. The SMILES string of the molecule is O=C(O)CN(C(=O)[C@H]1C[C@@H]1c1c(F)cccc1Cl)C1CCOCC1. The van der Waals surface area contributed by atoms with Crippen LogP contribution in [0, 0.1) is 11.7 Å². The van der Waals surface area contributed by atoms with E-state index in [1.165, 1.54) is 17.0 Å². The molecule has 1 saturated carbocycles. The van der Waals surface area contributed by atoms with Crippen LogP contribution in [-0.2, 0) is 14.3 Å². The number of ether oxygens (including phenoxy) is 1. The Labute approximate surface area is 144 Å². The molecular formula is C17H19ClFNO4. The topological polar surface area (TPSA) is 66.8 Å². The highest BCUT2D eigenvalue weighted by molar-refractivity contribution is 6.31. The maximum Gasteiger partial charge on any atom is 0.323 e. The molecule has 0 bridgehead atoms. The molecule has 2 atom stereocenters. The van der Waals surface area contributed by atoms with E-state index in [4.69, 9.17) is 21.4 Å². The molecule has 24 heavy (non-hydrogen) atoms. The maximum atomic E-state index is 14.0. The van der Waals surface area contributed by atoms with E-state index in [9.17, 15) is 14.0 Å². The third-order valence-corrected chi connectivity index (χ3v) is 5.03. The summed E-state index contributed by atoms with van der Waals surface area (Å²) in [5.74, 6) is -2.37. The first-order valence-corrected chi connectivity index (χ1v) is 8.40. The molecule has 1 aliphatic heterocycles. The molecule has 1 amide bonds. The number of amides is 1. The number of carbonyl (C=O) groups is 2. The van der Waals surface area contributed by atoms with Crippen LogP contribution >= 0.6 is 11.6 Å². The van der Waals surface area contributed by atoms with Crippen LogP contribution in [0.2, 0.25) is 5.02 Å². The van der Waals surface area contributed by atoms with Gasteiger partial charge in [-0.2, -0.15) is 0 Å². The van der Waals surface area contributed by atoms with Gasteiger partial charge in [-0.05, 0) is 31.4 Å². The van der Waals surface area contributed by atoms with Gasteiger partial charge in [-0.15, -0.1) is 0 Å². The normalized spacial score (nSPS) is 23.8. The number of hydrogen-bond donors (Lipinski definition) is 1. The van der Waals surface area contributed by atoms with E-state index >= 15 is 0 Å². The van der Waals surface area contributed by atoms with E-state index in [0.29, 0.717) is 43.1 Å². The van der Waals surface area contributed by atoms with Crippen molar-refractivity contribution in [3.05, 3.63) is 34.6 Å². The van der Waals surface area contributed by atoms with Crippen molar-refractivity contribution in [2.24, 2.45) is 5.92 Å². The van der Waals surface area contributed by atoms with Gasteiger partial charge in [0, 0.05) is 41.7 Å². The first kappa shape index (κ1) is 17.2. The highest BCUT2D eigenvalue weighted by atomic mass is 35.5. The van der Waals surface area contributed by atoms with Gasteiger partial charge in [-0.25, -0.2) is 4.39 Å². The summed E-state index contributed by atoms with van der Waals surface area (Å²) in [6.07, 6.45) is 1.74. The molecule has 5 nitrogen and oxygen atoms in total. The Bertz CT molecular complexity index is 627. The number of halogens is 2. The molecule has 1 heterocycles. The Hall–Kier alpha value is -1.66. The molecule has 2 fully saturated rings. The quantitative estimate of drug-likeness (QED) is 0.881. The zero-order valence-corrected chi connectivity index (χ0v) is 13.8. The fourth-order valence-corrected chi connectivity index (χ4v) is 3.70. The molecule has 0 aromatic heterocycles. The van der Waals surface area contributed by atoms with E-state index in [1.807, 2.05) is 0 Å². The van der Waals surface area contributed by atoms with Crippen molar-refractivity contribution in [3.63, 3.8) is 0 Å². The number of carbonyl (C=O) groups excluding carboxylic acids is 1. The lowest BCUT2D eigenvalue weighted by molar-refractivity contribution is -0.148. The number of nitrogens with zero attached hydrogens (tertiary/aromatic N) is 1. The van der Waals surface area contributed by atoms with Crippen molar-refractivity contribution in [3.8, 4) is 0 Å². The second-order valence-corrected chi connectivity index (χ2v) is 6.69. The average molecular weight is 356 g/mol. The fraction of sp³-hybridized carbons (Fsp3) is 0.529. The lowest BCUT2D eigenvalue weighted by Crippen LogP contribution is -2.46. The summed E-state index contributed by atoms with van der Waals surface area (Å²) in [6.45, 7) is 0.695. The lowest BCUT2D eigenvalue weighted by atomic mass is 10.0. The number of aliphatic carboxylic acids is 1. The predicted octanol–water partition coefficient (Wildman–Crippen LogP) is 2.67. The average Bonchev–Trinajstić information content (AvgIpc) is 3.33. The minimum absolute atomic E-state index is 0.139. The summed E-state index contributed by atoms with van der Waals surface area (Å²) >= 11 is 6.07. The number of rotatable bonds is 5. The lowest BCUT2D eigenvalue weighted by Gasteiger charge is -2.33. The molecule has 1 N–H and O–H groups in total. The maximum absolute atomic E-state index is 14.0. The van der Waals surface area contributed by atoms with E-state index in [2.05, 4.69) is 0 Å². The molecule has 0 spiro atoms. The van der Waals surface area contributed by atoms with E-state index in [-0.39, 0.29) is 24.4 Å². The van der Waals surface area contributed by atoms with Crippen LogP contribution in [0.4, 0.5) is 4.39 Å². The second-order valence-electron chi connectivity index (χ2n) is 6.29. The predicted molar refractivity (Wildman–Crippen MR) is 85.4 cm³/mol. The second kappa shape index (κ2) is 7.07. The van der Waals surface area contributed by atoms with Crippen molar-refractivity contribution in [1.29, 1.82) is 0 Å². The summed E-state index contributed by atoms with van der Waals surface area (Å²) in [5, 5.41) is 9.44. The van der Waals surface area contributed by atoms with Crippen LogP contribution in [0.5, 0.6) is 0 Å². The van der Waals surface area contributed by atoms with Crippen molar-refractivity contribution in [2.45, 2.75) is 31.2 Å². The van der Waals surface area contributed by atoms with E-state index < -0.39 is 17.7 Å². The molecule has 1 aromatic rings. The number of carboxylic acid groups (broad SMARTS) is 1. The van der Waals surface area contributed by atoms with Crippen molar-refractivity contribution >= 4 is 23.5 Å². The molecule has 130 valence electrons. The Morgan fingerprint density at radius 1 is 1.33 bits per heavy atom. The van der Waals surface area contributed by atoms with E-state index in [0.717, 1.165) is 0 Å². The van der Waals surface area contributed by atoms with Gasteiger partial charge in [0.1, 0.15) is 12.4 Å². The highest BCUT2D eigenvalue weighted by Gasteiger charge is 2.49. The smallest absolute Gasteiger partial charge is 0.323 e. The van der Waals surface area contributed by atoms with Crippen LogP contribution in [0.3, 0.4) is 0 Å². The molecule has 1 saturated heterocycles. The third kappa shape index (κ3) is 3.54. The standard InChI is InChI=1S/C17H19ClFNO4/c18-13-2-1-3-14(19)16(13)11-8-12(11)17(23)20(9-15(21)22)10-4-6-24-7-5-10/h1-3,10-12H,4-9H2,(H,21,22)/t11-,12-/m0/s1. The Balaban J connectivity index is 1.75. The van der Waals surface area contributed by atoms with Crippen molar-refractivity contribution in [2.75, 3.05) is 19.8 Å². The monoisotopic (exact) mass is 355 g/mol. The van der Waals surface area contributed by atoms with Gasteiger partial charge < -0.3 is 14.7 Å². The fourth-order valence-electron chi connectivity index (χ4n) is 3.39. The van der Waals surface area contributed by atoms with Crippen LogP contribution in [0.1, 0.15) is 30.7 Å². The van der Waals surface area contributed by atoms with Gasteiger partial charge in [-0.3, -0.25) is 9.59 Å². The zero-order valence-electron chi connectivity index (χ0n) is 13.1. The van der Waals surface area contributed by atoms with Gasteiger partial charge in [0.2, 0.25) is 5.91 Å². The van der Waals surface area contributed by atoms with Crippen LogP contribution in [-0.4, -0.2) is 47.7 Å². The molecular weight excluding hydrogens is 337 g/mol. The Morgan fingerprint density at radius 2 is 2.04 bits per heavy atom. The summed E-state index contributed by atoms with van der Waals surface area (Å²) in [4.78, 5) is 25.4. The number of carboxylic acids is 1. The third-order valence-electron chi connectivity index (χ3n) is 4.70. The summed E-state index contributed by atoms with van der Waals surface area (Å²) < 4.78 is 19.3. The first-order valence-electron chi connectivity index (χ1n) is 8.03. The minimum Gasteiger partial charge on any atom is -0.480 e. The molecule has 0 unspecified atom stereocenters. The summed E-state index contributed by atoms with van der Waals surface area (Å²) in [5.41, 5.74) is 0.361.